The van der Waals surface area contributed by atoms with Gasteiger partial charge < -0.3 is 14.8 Å². The highest BCUT2D eigenvalue weighted by atomic mass is 79.9. The van der Waals surface area contributed by atoms with E-state index in [1.807, 2.05) is 18.2 Å². The summed E-state index contributed by atoms with van der Waals surface area (Å²) in [6, 6.07) is 5.65. The molecule has 1 N–H and O–H groups in total. The number of carbonyl (C=O) groups excluding carboxylic acids is 1. The molecule has 0 spiro atoms. The van der Waals surface area contributed by atoms with E-state index >= 15 is 0 Å². The van der Waals surface area contributed by atoms with Crippen LogP contribution >= 0.6 is 15.9 Å². The second kappa shape index (κ2) is 5.93. The van der Waals surface area contributed by atoms with Crippen molar-refractivity contribution >= 4 is 33.4 Å². The average Bonchev–Trinajstić information content (AvgIpc) is 3.12. The molecule has 2 heterocycles. The summed E-state index contributed by atoms with van der Waals surface area (Å²) in [5.74, 6) is 0.473. The minimum absolute atomic E-state index is 0.111. The highest BCUT2D eigenvalue weighted by molar-refractivity contribution is 9.10. The summed E-state index contributed by atoms with van der Waals surface area (Å²) in [7, 11) is 0. The molecule has 1 amide bonds. The van der Waals surface area contributed by atoms with E-state index in [0.717, 1.165) is 22.9 Å². The fourth-order valence-electron chi connectivity index (χ4n) is 2.30. The number of carbonyl (C=O) groups is 1. The summed E-state index contributed by atoms with van der Waals surface area (Å²) >= 11 is 3.42. The van der Waals surface area contributed by atoms with Crippen LogP contribution in [-0.4, -0.2) is 37.7 Å². The van der Waals surface area contributed by atoms with Crippen molar-refractivity contribution in [2.24, 2.45) is 4.99 Å². The van der Waals surface area contributed by atoms with Crippen molar-refractivity contribution < 1.29 is 14.3 Å². The van der Waals surface area contributed by atoms with Crippen LogP contribution in [0.4, 0.5) is 5.69 Å². The molecule has 2 aliphatic heterocycles. The van der Waals surface area contributed by atoms with E-state index < -0.39 is 0 Å². The van der Waals surface area contributed by atoms with Gasteiger partial charge in [0, 0.05) is 11.1 Å². The molecule has 20 heavy (non-hydrogen) atoms. The Bertz CT molecular complexity index is 553. The van der Waals surface area contributed by atoms with E-state index in [9.17, 15) is 4.79 Å². The van der Waals surface area contributed by atoms with E-state index in [2.05, 4.69) is 26.2 Å². The summed E-state index contributed by atoms with van der Waals surface area (Å²) in [4.78, 5) is 16.5. The lowest BCUT2D eigenvalue weighted by Crippen LogP contribution is -2.27. The van der Waals surface area contributed by atoms with Crippen LogP contribution in [0.5, 0.6) is 0 Å². The minimum atomic E-state index is -0.353. The van der Waals surface area contributed by atoms with Crippen LogP contribution in [0.2, 0.25) is 0 Å². The first-order chi connectivity index (χ1) is 9.74. The number of amides is 1. The Morgan fingerprint density at radius 1 is 1.40 bits per heavy atom. The Kier molecular flexibility index (Phi) is 4.03. The number of anilines is 1. The second-order valence-electron chi connectivity index (χ2n) is 4.72. The van der Waals surface area contributed by atoms with Crippen LogP contribution in [-0.2, 0) is 14.3 Å². The molecular formula is C14H15BrN2O3. The number of ether oxygens (including phenoxy) is 2. The van der Waals surface area contributed by atoms with Crippen LogP contribution in [0.25, 0.3) is 0 Å². The fraction of sp³-hybridized carbons (Fsp3) is 0.429. The van der Waals surface area contributed by atoms with E-state index in [4.69, 9.17) is 9.47 Å². The SMILES string of the molecule is O=C(Nc1cc(Br)ccc1C1=NCCO1)C1CCCO1. The Morgan fingerprint density at radius 2 is 2.30 bits per heavy atom. The van der Waals surface area contributed by atoms with Gasteiger partial charge in [-0.1, -0.05) is 15.9 Å². The number of halogens is 1. The molecule has 106 valence electrons. The number of hydrogen-bond acceptors (Lipinski definition) is 4. The topological polar surface area (TPSA) is 59.9 Å². The molecule has 5 nitrogen and oxygen atoms in total. The Morgan fingerprint density at radius 3 is 3.00 bits per heavy atom. The minimum Gasteiger partial charge on any atom is -0.475 e. The lowest BCUT2D eigenvalue weighted by Gasteiger charge is -2.14. The van der Waals surface area contributed by atoms with Crippen LogP contribution in [0.3, 0.4) is 0 Å². The molecule has 0 aromatic heterocycles. The molecule has 1 aromatic rings. The standard InChI is InChI=1S/C14H15BrN2O3/c15-9-3-4-10(14-16-5-7-20-14)11(8-9)17-13(18)12-2-1-6-19-12/h3-4,8,12H,1-2,5-7H2,(H,17,18). The van der Waals surface area contributed by atoms with Crippen molar-refractivity contribution in [2.45, 2.75) is 18.9 Å². The van der Waals surface area contributed by atoms with Crippen molar-refractivity contribution in [2.75, 3.05) is 25.1 Å². The van der Waals surface area contributed by atoms with E-state index in [1.165, 1.54) is 0 Å². The Hall–Kier alpha value is -1.40. The zero-order valence-corrected chi connectivity index (χ0v) is 12.5. The van der Waals surface area contributed by atoms with Gasteiger partial charge in [-0.05, 0) is 31.0 Å². The summed E-state index contributed by atoms with van der Waals surface area (Å²) in [6.45, 7) is 1.90. The van der Waals surface area contributed by atoms with Gasteiger partial charge in [0.15, 0.2) is 0 Å². The summed E-state index contributed by atoms with van der Waals surface area (Å²) in [5.41, 5.74) is 1.50. The maximum absolute atomic E-state index is 12.2. The monoisotopic (exact) mass is 338 g/mol. The smallest absolute Gasteiger partial charge is 0.253 e. The lowest BCUT2D eigenvalue weighted by molar-refractivity contribution is -0.124. The van der Waals surface area contributed by atoms with E-state index in [1.54, 1.807) is 0 Å². The maximum atomic E-state index is 12.2. The molecule has 1 unspecified atom stereocenters. The third-order valence-corrected chi connectivity index (χ3v) is 3.77. The number of rotatable bonds is 3. The summed E-state index contributed by atoms with van der Waals surface area (Å²) in [6.07, 6.45) is 1.35. The number of nitrogens with zero attached hydrogens (tertiary/aromatic N) is 1. The van der Waals surface area contributed by atoms with Crippen molar-refractivity contribution in [3.8, 4) is 0 Å². The first-order valence-electron chi connectivity index (χ1n) is 6.64. The van der Waals surface area contributed by atoms with Crippen molar-refractivity contribution in [3.63, 3.8) is 0 Å². The molecule has 0 saturated carbocycles. The number of benzene rings is 1. The van der Waals surface area contributed by atoms with Gasteiger partial charge in [-0.15, -0.1) is 0 Å². The van der Waals surface area contributed by atoms with E-state index in [0.29, 0.717) is 31.3 Å². The van der Waals surface area contributed by atoms with Gasteiger partial charge in [-0.2, -0.15) is 0 Å². The normalized spacial score (nSPS) is 21.4. The maximum Gasteiger partial charge on any atom is 0.253 e. The van der Waals surface area contributed by atoms with Gasteiger partial charge in [0.25, 0.3) is 5.91 Å². The predicted octanol–water partition coefficient (Wildman–Crippen LogP) is 2.34. The molecule has 3 rings (SSSR count). The lowest BCUT2D eigenvalue weighted by atomic mass is 10.1. The average molecular weight is 339 g/mol. The zero-order chi connectivity index (χ0) is 13.9. The molecule has 1 saturated heterocycles. The Balaban J connectivity index is 1.83. The first-order valence-corrected chi connectivity index (χ1v) is 7.43. The van der Waals surface area contributed by atoms with Gasteiger partial charge in [-0.3, -0.25) is 4.79 Å². The van der Waals surface area contributed by atoms with Crippen LogP contribution in [0.15, 0.2) is 27.7 Å². The van der Waals surface area contributed by atoms with Crippen molar-refractivity contribution in [1.82, 2.24) is 0 Å². The van der Waals surface area contributed by atoms with Gasteiger partial charge in [0.1, 0.15) is 12.7 Å². The zero-order valence-electron chi connectivity index (χ0n) is 10.9. The molecule has 1 atom stereocenters. The molecular weight excluding hydrogens is 324 g/mol. The van der Waals surface area contributed by atoms with Crippen LogP contribution in [0, 0.1) is 0 Å². The number of aliphatic imine (C=N–C) groups is 1. The molecule has 0 bridgehead atoms. The highest BCUT2D eigenvalue weighted by Crippen LogP contribution is 2.25. The molecule has 0 radical (unpaired) electrons. The third-order valence-electron chi connectivity index (χ3n) is 3.28. The van der Waals surface area contributed by atoms with Crippen molar-refractivity contribution in [3.05, 3.63) is 28.2 Å². The summed E-state index contributed by atoms with van der Waals surface area (Å²) < 4.78 is 11.8. The first kappa shape index (κ1) is 13.6. The molecule has 1 aromatic carbocycles. The molecule has 1 fully saturated rings. The predicted molar refractivity (Wildman–Crippen MR) is 79.1 cm³/mol. The highest BCUT2D eigenvalue weighted by Gasteiger charge is 2.25. The summed E-state index contributed by atoms with van der Waals surface area (Å²) in [5, 5.41) is 2.92. The molecule has 0 aliphatic carbocycles. The molecule has 2 aliphatic rings. The molecule has 6 heteroatoms. The van der Waals surface area contributed by atoms with Crippen molar-refractivity contribution in [1.29, 1.82) is 0 Å². The number of hydrogen-bond donors (Lipinski definition) is 1. The van der Waals surface area contributed by atoms with Gasteiger partial charge in [0.2, 0.25) is 5.90 Å². The fourth-order valence-corrected chi connectivity index (χ4v) is 2.66. The van der Waals surface area contributed by atoms with Gasteiger partial charge in [-0.25, -0.2) is 4.99 Å². The quantitative estimate of drug-likeness (QED) is 0.920. The number of nitrogens with one attached hydrogen (secondary N) is 1. The van der Waals surface area contributed by atoms with Crippen LogP contribution in [0.1, 0.15) is 18.4 Å². The van der Waals surface area contributed by atoms with Gasteiger partial charge >= 0.3 is 0 Å². The van der Waals surface area contributed by atoms with Crippen LogP contribution < -0.4 is 5.32 Å². The Labute approximate surface area is 125 Å². The largest absolute Gasteiger partial charge is 0.475 e. The van der Waals surface area contributed by atoms with Gasteiger partial charge in [0.05, 0.1) is 17.8 Å². The third kappa shape index (κ3) is 2.86. The second-order valence-corrected chi connectivity index (χ2v) is 5.63. The van der Waals surface area contributed by atoms with E-state index in [-0.39, 0.29) is 12.0 Å².